The minimum Gasteiger partial charge on any atom is -0.496 e. The summed E-state index contributed by atoms with van der Waals surface area (Å²) in [5.74, 6) is 1.37. The standard InChI is InChI=1S/C27H23ClFNO3S2/c1-15(21-13-34-14-22(21)28)33-27(31)30-23-12-25(29)35-26(23)19-9-10-20(24(11-19)32-2)18-7-5-17(6-8-18)16-3-4-16/h5-16H,3-4H2,1-2H3,(H,30,31). The number of thiophene rings is 2. The molecule has 1 amide bonds. The normalized spacial score (nSPS) is 13.9. The topological polar surface area (TPSA) is 47.6 Å². The molecule has 1 saturated carbocycles. The summed E-state index contributed by atoms with van der Waals surface area (Å²) < 4.78 is 25.4. The smallest absolute Gasteiger partial charge is 0.412 e. The highest BCUT2D eigenvalue weighted by atomic mass is 35.5. The van der Waals surface area contributed by atoms with Gasteiger partial charge in [0.25, 0.3) is 0 Å². The lowest BCUT2D eigenvalue weighted by molar-refractivity contribution is 0.121. The molecule has 1 N–H and O–H groups in total. The highest BCUT2D eigenvalue weighted by Crippen LogP contribution is 2.43. The van der Waals surface area contributed by atoms with Crippen LogP contribution in [0.25, 0.3) is 21.6 Å². The first-order valence-electron chi connectivity index (χ1n) is 11.2. The van der Waals surface area contributed by atoms with E-state index in [0.29, 0.717) is 27.3 Å². The second kappa shape index (κ2) is 10.0. The third-order valence-corrected chi connectivity index (χ3v) is 8.23. The molecule has 0 bridgehead atoms. The predicted octanol–water partition coefficient (Wildman–Crippen LogP) is 9.13. The maximum Gasteiger partial charge on any atom is 0.412 e. The molecule has 180 valence electrons. The number of hydrogen-bond donors (Lipinski definition) is 1. The number of rotatable bonds is 7. The van der Waals surface area contributed by atoms with Crippen molar-refractivity contribution in [1.29, 1.82) is 0 Å². The van der Waals surface area contributed by atoms with Crippen molar-refractivity contribution in [3.05, 3.63) is 80.6 Å². The Morgan fingerprint density at radius 2 is 1.86 bits per heavy atom. The summed E-state index contributed by atoms with van der Waals surface area (Å²) in [6, 6.07) is 15.6. The van der Waals surface area contributed by atoms with E-state index >= 15 is 0 Å². The molecule has 5 rings (SSSR count). The molecule has 0 saturated heterocycles. The quantitative estimate of drug-likeness (QED) is 0.260. The molecule has 2 heterocycles. The van der Waals surface area contributed by atoms with Crippen LogP contribution in [0.2, 0.25) is 5.02 Å². The largest absolute Gasteiger partial charge is 0.496 e. The Morgan fingerprint density at radius 3 is 2.51 bits per heavy atom. The van der Waals surface area contributed by atoms with E-state index in [4.69, 9.17) is 21.1 Å². The molecule has 0 radical (unpaired) electrons. The van der Waals surface area contributed by atoms with Gasteiger partial charge < -0.3 is 9.47 Å². The molecule has 1 fully saturated rings. The van der Waals surface area contributed by atoms with Gasteiger partial charge in [0, 0.05) is 22.6 Å². The molecule has 1 atom stereocenters. The fraction of sp³-hybridized carbons (Fsp3) is 0.222. The van der Waals surface area contributed by atoms with Gasteiger partial charge >= 0.3 is 6.09 Å². The lowest BCUT2D eigenvalue weighted by Gasteiger charge is -2.14. The summed E-state index contributed by atoms with van der Waals surface area (Å²) >= 11 is 8.52. The summed E-state index contributed by atoms with van der Waals surface area (Å²) in [4.78, 5) is 13.1. The zero-order valence-electron chi connectivity index (χ0n) is 19.1. The first-order chi connectivity index (χ1) is 16.9. The molecule has 4 nitrogen and oxygen atoms in total. The molecule has 1 aliphatic carbocycles. The number of anilines is 1. The average Bonchev–Trinajstić information content (AvgIpc) is 3.51. The number of halogens is 2. The Kier molecular flexibility index (Phi) is 6.82. The number of methoxy groups -OCH3 is 1. The van der Waals surface area contributed by atoms with E-state index in [1.54, 1.807) is 19.4 Å². The van der Waals surface area contributed by atoms with Crippen molar-refractivity contribution in [2.75, 3.05) is 12.4 Å². The number of benzene rings is 2. The van der Waals surface area contributed by atoms with Crippen molar-refractivity contribution in [2.45, 2.75) is 31.8 Å². The molecule has 8 heteroatoms. The third-order valence-electron chi connectivity index (χ3n) is 6.04. The number of carbonyl (C=O) groups excluding carboxylic acids is 1. The minimum absolute atomic E-state index is 0.338. The fourth-order valence-electron chi connectivity index (χ4n) is 4.04. The maximum absolute atomic E-state index is 14.3. The van der Waals surface area contributed by atoms with Crippen molar-refractivity contribution >= 4 is 46.1 Å². The Balaban J connectivity index is 1.37. The van der Waals surface area contributed by atoms with Crippen LogP contribution in [0.5, 0.6) is 5.75 Å². The first-order valence-corrected chi connectivity index (χ1v) is 13.3. The van der Waals surface area contributed by atoms with E-state index in [-0.39, 0.29) is 0 Å². The molecule has 2 aromatic heterocycles. The summed E-state index contributed by atoms with van der Waals surface area (Å²) in [5, 5.41) is 6.43. The van der Waals surface area contributed by atoms with Gasteiger partial charge in [0.15, 0.2) is 5.13 Å². The van der Waals surface area contributed by atoms with Crippen molar-refractivity contribution in [3.8, 4) is 27.3 Å². The molecule has 0 spiro atoms. The van der Waals surface area contributed by atoms with E-state index < -0.39 is 17.3 Å². The zero-order valence-corrected chi connectivity index (χ0v) is 21.5. The van der Waals surface area contributed by atoms with Gasteiger partial charge in [-0.3, -0.25) is 5.32 Å². The van der Waals surface area contributed by atoms with Crippen molar-refractivity contribution in [1.82, 2.24) is 0 Å². The van der Waals surface area contributed by atoms with Crippen LogP contribution in [0.3, 0.4) is 0 Å². The van der Waals surface area contributed by atoms with Crippen LogP contribution in [-0.4, -0.2) is 13.2 Å². The number of amides is 1. The maximum atomic E-state index is 14.3. The van der Waals surface area contributed by atoms with Crippen LogP contribution < -0.4 is 10.1 Å². The number of hydrogen-bond acceptors (Lipinski definition) is 5. The van der Waals surface area contributed by atoms with Gasteiger partial charge in [0.05, 0.1) is 22.7 Å². The van der Waals surface area contributed by atoms with Crippen molar-refractivity contribution < 1.29 is 18.7 Å². The SMILES string of the molecule is COc1cc(-c2sc(F)cc2NC(=O)OC(C)c2cscc2Cl)ccc1-c1ccc(C2CC2)cc1. The van der Waals surface area contributed by atoms with E-state index in [2.05, 4.69) is 29.6 Å². The fourth-order valence-corrected chi connectivity index (χ4v) is 6.09. The summed E-state index contributed by atoms with van der Waals surface area (Å²) in [6.07, 6.45) is 1.31. The van der Waals surface area contributed by atoms with E-state index in [1.165, 1.54) is 35.8 Å². The first kappa shape index (κ1) is 23.9. The predicted molar refractivity (Wildman–Crippen MR) is 142 cm³/mol. The van der Waals surface area contributed by atoms with Crippen LogP contribution in [0.4, 0.5) is 14.9 Å². The van der Waals surface area contributed by atoms with E-state index in [9.17, 15) is 9.18 Å². The van der Waals surface area contributed by atoms with Gasteiger partial charge in [-0.15, -0.1) is 11.3 Å². The molecular formula is C27H23ClFNO3S2. The van der Waals surface area contributed by atoms with Crippen LogP contribution in [0, 0.1) is 5.13 Å². The van der Waals surface area contributed by atoms with Crippen molar-refractivity contribution in [2.24, 2.45) is 0 Å². The van der Waals surface area contributed by atoms with Crippen LogP contribution in [0.1, 0.15) is 42.9 Å². The summed E-state index contributed by atoms with van der Waals surface area (Å²) in [6.45, 7) is 1.74. The number of ether oxygens (including phenoxy) is 2. The lowest BCUT2D eigenvalue weighted by Crippen LogP contribution is -2.16. The second-order valence-electron chi connectivity index (χ2n) is 8.45. The van der Waals surface area contributed by atoms with E-state index in [0.717, 1.165) is 33.6 Å². The Hall–Kier alpha value is -2.87. The van der Waals surface area contributed by atoms with Gasteiger partial charge in [-0.05, 0) is 53.8 Å². The van der Waals surface area contributed by atoms with Gasteiger partial charge in [-0.1, -0.05) is 48.0 Å². The van der Waals surface area contributed by atoms with Crippen LogP contribution in [-0.2, 0) is 4.74 Å². The Bertz CT molecular complexity index is 1360. The van der Waals surface area contributed by atoms with Gasteiger partial charge in [0.2, 0.25) is 0 Å². The second-order valence-corrected chi connectivity index (χ2v) is 10.6. The highest BCUT2D eigenvalue weighted by Gasteiger charge is 2.23. The molecular weight excluding hydrogens is 505 g/mol. The molecule has 1 aliphatic rings. The van der Waals surface area contributed by atoms with Gasteiger partial charge in [0.1, 0.15) is 11.9 Å². The van der Waals surface area contributed by atoms with Gasteiger partial charge in [-0.2, -0.15) is 15.7 Å². The van der Waals surface area contributed by atoms with Crippen LogP contribution in [0.15, 0.2) is 59.3 Å². The molecule has 2 aromatic carbocycles. The lowest BCUT2D eigenvalue weighted by atomic mass is 9.99. The highest BCUT2D eigenvalue weighted by molar-refractivity contribution is 7.14. The van der Waals surface area contributed by atoms with Crippen molar-refractivity contribution in [3.63, 3.8) is 0 Å². The van der Waals surface area contributed by atoms with Crippen LogP contribution >= 0.6 is 34.3 Å². The minimum atomic E-state index is -0.682. The molecule has 1 unspecified atom stereocenters. The zero-order chi connectivity index (χ0) is 24.5. The summed E-state index contributed by atoms with van der Waals surface area (Å²) in [7, 11) is 1.61. The monoisotopic (exact) mass is 527 g/mol. The number of nitrogens with one attached hydrogen (secondary N) is 1. The molecule has 4 aromatic rings. The molecule has 35 heavy (non-hydrogen) atoms. The number of carbonyl (C=O) groups is 1. The van der Waals surface area contributed by atoms with E-state index in [1.807, 2.05) is 23.6 Å². The molecule has 0 aliphatic heterocycles. The Labute approximate surface area is 216 Å². The Morgan fingerprint density at radius 1 is 1.11 bits per heavy atom. The van der Waals surface area contributed by atoms with Gasteiger partial charge in [-0.25, -0.2) is 4.79 Å². The summed E-state index contributed by atoms with van der Waals surface area (Å²) in [5.41, 5.74) is 5.18. The third kappa shape index (κ3) is 5.22. The average molecular weight is 528 g/mol.